The van der Waals surface area contributed by atoms with Gasteiger partial charge in [0.2, 0.25) is 0 Å². The predicted molar refractivity (Wildman–Crippen MR) is 61.4 cm³/mol. The third kappa shape index (κ3) is 2.15. The molecule has 0 bridgehead atoms. The van der Waals surface area contributed by atoms with Crippen molar-refractivity contribution in [3.63, 3.8) is 0 Å². The van der Waals surface area contributed by atoms with E-state index in [0.29, 0.717) is 0 Å². The van der Waals surface area contributed by atoms with E-state index in [1.54, 1.807) is 0 Å². The van der Waals surface area contributed by atoms with E-state index in [4.69, 9.17) is 11.6 Å². The molecular formula is C12H14ClNO. The van der Waals surface area contributed by atoms with Gasteiger partial charge in [-0.1, -0.05) is 12.1 Å². The van der Waals surface area contributed by atoms with Crippen LogP contribution >= 0.6 is 11.6 Å². The van der Waals surface area contributed by atoms with Crippen molar-refractivity contribution >= 4 is 17.5 Å². The normalized spacial score (nSPS) is 17.6. The van der Waals surface area contributed by atoms with Crippen molar-refractivity contribution in [3.8, 4) is 0 Å². The third-order valence-electron chi connectivity index (χ3n) is 2.75. The van der Waals surface area contributed by atoms with Crippen LogP contribution in [0.4, 0.5) is 0 Å². The average molecular weight is 224 g/mol. The molecule has 0 saturated carbocycles. The Balaban J connectivity index is 2.44. The van der Waals surface area contributed by atoms with Gasteiger partial charge in [0.1, 0.15) is 0 Å². The minimum absolute atomic E-state index is 0.0293. The van der Waals surface area contributed by atoms with E-state index in [0.717, 1.165) is 36.1 Å². The molecule has 1 atom stereocenters. The Bertz CT molecular complexity index is 387. The first kappa shape index (κ1) is 10.5. The number of fused-ring (bicyclic) bond motifs is 1. The highest BCUT2D eigenvalue weighted by Crippen LogP contribution is 2.23. The van der Waals surface area contributed by atoms with Crippen molar-refractivity contribution < 1.29 is 4.79 Å². The summed E-state index contributed by atoms with van der Waals surface area (Å²) in [4.78, 5) is 11.7. The molecular weight excluding hydrogens is 210 g/mol. The first-order chi connectivity index (χ1) is 7.18. The second-order valence-electron chi connectivity index (χ2n) is 3.89. The van der Waals surface area contributed by atoms with Crippen molar-refractivity contribution in [2.75, 3.05) is 6.54 Å². The molecule has 0 spiro atoms. The van der Waals surface area contributed by atoms with Crippen LogP contribution in [-0.4, -0.2) is 12.5 Å². The average Bonchev–Trinajstić information content (AvgIpc) is 2.40. The molecule has 1 aromatic rings. The maximum Gasteiger partial charge on any atom is 0.251 e. The van der Waals surface area contributed by atoms with E-state index < -0.39 is 0 Å². The first-order valence-electron chi connectivity index (χ1n) is 5.23. The Labute approximate surface area is 94.6 Å². The lowest BCUT2D eigenvalue weighted by molar-refractivity contribution is 0.0956. The molecule has 0 radical (unpaired) electrons. The van der Waals surface area contributed by atoms with Crippen LogP contribution in [0.15, 0.2) is 18.2 Å². The van der Waals surface area contributed by atoms with Crippen LogP contribution in [0.25, 0.3) is 0 Å². The first-order valence-corrected chi connectivity index (χ1v) is 5.67. The summed E-state index contributed by atoms with van der Waals surface area (Å²) in [6.07, 6.45) is 1.97. The van der Waals surface area contributed by atoms with Crippen molar-refractivity contribution in [1.82, 2.24) is 5.32 Å². The Morgan fingerprint density at radius 3 is 3.00 bits per heavy atom. The number of amides is 1. The molecule has 1 amide bonds. The van der Waals surface area contributed by atoms with E-state index >= 15 is 0 Å². The van der Waals surface area contributed by atoms with Gasteiger partial charge in [-0.3, -0.25) is 4.79 Å². The lowest BCUT2D eigenvalue weighted by atomic mass is 10.00. The molecule has 0 fully saturated rings. The number of rotatable bonds is 1. The summed E-state index contributed by atoms with van der Waals surface area (Å²) in [6.45, 7) is 2.68. The van der Waals surface area contributed by atoms with E-state index in [9.17, 15) is 4.79 Å². The van der Waals surface area contributed by atoms with Gasteiger partial charge in [-0.2, -0.15) is 0 Å². The van der Waals surface area contributed by atoms with Gasteiger partial charge in [-0.25, -0.2) is 0 Å². The number of hydrogen-bond donors (Lipinski definition) is 1. The van der Waals surface area contributed by atoms with Gasteiger partial charge in [-0.15, -0.1) is 11.6 Å². The molecule has 1 aromatic carbocycles. The van der Waals surface area contributed by atoms with Crippen LogP contribution in [0.3, 0.4) is 0 Å². The maximum absolute atomic E-state index is 11.7. The summed E-state index contributed by atoms with van der Waals surface area (Å²) >= 11 is 6.00. The fraction of sp³-hybridized carbons (Fsp3) is 0.417. The number of alkyl halides is 1. The minimum atomic E-state index is -0.0497. The monoisotopic (exact) mass is 223 g/mol. The topological polar surface area (TPSA) is 29.1 Å². The molecule has 1 aliphatic rings. The maximum atomic E-state index is 11.7. The van der Waals surface area contributed by atoms with E-state index in [1.165, 1.54) is 0 Å². The second-order valence-corrected chi connectivity index (χ2v) is 4.55. The van der Waals surface area contributed by atoms with Crippen molar-refractivity contribution in [1.29, 1.82) is 0 Å². The van der Waals surface area contributed by atoms with Gasteiger partial charge in [0.05, 0.1) is 5.38 Å². The van der Waals surface area contributed by atoms with Gasteiger partial charge in [-0.05, 0) is 37.0 Å². The molecule has 1 unspecified atom stereocenters. The number of benzene rings is 1. The highest BCUT2D eigenvalue weighted by molar-refractivity contribution is 6.20. The Kier molecular flexibility index (Phi) is 2.96. The van der Waals surface area contributed by atoms with Crippen LogP contribution in [0, 0.1) is 0 Å². The van der Waals surface area contributed by atoms with Crippen molar-refractivity contribution in [2.24, 2.45) is 0 Å². The fourth-order valence-corrected chi connectivity index (χ4v) is 1.98. The lowest BCUT2D eigenvalue weighted by Crippen LogP contribution is -2.22. The van der Waals surface area contributed by atoms with Crippen molar-refractivity contribution in [3.05, 3.63) is 34.9 Å². The van der Waals surface area contributed by atoms with E-state index in [2.05, 4.69) is 5.32 Å². The molecule has 1 N–H and O–H groups in total. The zero-order chi connectivity index (χ0) is 10.8. The number of aryl methyl sites for hydroxylation is 1. The molecule has 0 aliphatic carbocycles. The summed E-state index contributed by atoms with van der Waals surface area (Å²) in [5.41, 5.74) is 2.93. The summed E-state index contributed by atoms with van der Waals surface area (Å²) in [5.74, 6) is 0.0293. The number of carbonyl (C=O) groups excluding carboxylic acids is 1. The SMILES string of the molecule is CC(Cl)c1ccc2c(c1)C(=O)NCCC2. The van der Waals surface area contributed by atoms with Crippen LogP contribution < -0.4 is 5.32 Å². The van der Waals surface area contributed by atoms with Crippen molar-refractivity contribution in [2.45, 2.75) is 25.1 Å². The molecule has 0 saturated heterocycles. The Hall–Kier alpha value is -1.02. The summed E-state index contributed by atoms with van der Waals surface area (Å²) in [6, 6.07) is 5.94. The summed E-state index contributed by atoms with van der Waals surface area (Å²) in [5, 5.41) is 2.84. The number of nitrogens with one attached hydrogen (secondary N) is 1. The van der Waals surface area contributed by atoms with Gasteiger partial charge in [0.15, 0.2) is 0 Å². The van der Waals surface area contributed by atoms with Crippen LogP contribution in [0.1, 0.15) is 40.2 Å². The zero-order valence-electron chi connectivity index (χ0n) is 8.72. The molecule has 2 nitrogen and oxygen atoms in total. The van der Waals surface area contributed by atoms with Gasteiger partial charge in [0.25, 0.3) is 5.91 Å². The molecule has 80 valence electrons. The highest BCUT2D eigenvalue weighted by Gasteiger charge is 2.16. The molecule has 3 heteroatoms. The third-order valence-corrected chi connectivity index (χ3v) is 3.00. The fourth-order valence-electron chi connectivity index (χ4n) is 1.85. The smallest absolute Gasteiger partial charge is 0.251 e. The number of halogens is 1. The highest BCUT2D eigenvalue weighted by atomic mass is 35.5. The molecule has 2 rings (SSSR count). The number of carbonyl (C=O) groups is 1. The molecule has 1 heterocycles. The number of hydrogen-bond acceptors (Lipinski definition) is 1. The lowest BCUT2D eigenvalue weighted by Gasteiger charge is -2.09. The van der Waals surface area contributed by atoms with E-state index in [1.807, 2.05) is 25.1 Å². The van der Waals surface area contributed by atoms with Gasteiger partial charge < -0.3 is 5.32 Å². The zero-order valence-corrected chi connectivity index (χ0v) is 9.47. The van der Waals surface area contributed by atoms with Crippen LogP contribution in [0.5, 0.6) is 0 Å². The predicted octanol–water partition coefficient (Wildman–Crippen LogP) is 2.66. The molecule has 1 aliphatic heterocycles. The summed E-state index contributed by atoms with van der Waals surface area (Å²) in [7, 11) is 0. The quantitative estimate of drug-likeness (QED) is 0.729. The van der Waals surface area contributed by atoms with Crippen LogP contribution in [0.2, 0.25) is 0 Å². The summed E-state index contributed by atoms with van der Waals surface area (Å²) < 4.78 is 0. The molecule has 15 heavy (non-hydrogen) atoms. The Morgan fingerprint density at radius 1 is 1.47 bits per heavy atom. The standard InChI is InChI=1S/C12H14ClNO/c1-8(13)10-5-4-9-3-2-6-14-12(15)11(9)7-10/h4-5,7-8H,2-3,6H2,1H3,(H,14,15). The van der Waals surface area contributed by atoms with Crippen LogP contribution in [-0.2, 0) is 6.42 Å². The minimum Gasteiger partial charge on any atom is -0.352 e. The second kappa shape index (κ2) is 4.23. The van der Waals surface area contributed by atoms with Gasteiger partial charge in [0, 0.05) is 12.1 Å². The Morgan fingerprint density at radius 2 is 2.27 bits per heavy atom. The van der Waals surface area contributed by atoms with E-state index in [-0.39, 0.29) is 11.3 Å². The van der Waals surface area contributed by atoms with Gasteiger partial charge >= 0.3 is 0 Å². The largest absolute Gasteiger partial charge is 0.352 e. The molecule has 0 aromatic heterocycles.